The molecule has 0 N–H and O–H groups in total. The summed E-state index contributed by atoms with van der Waals surface area (Å²) in [5, 5.41) is 0. The molecule has 0 amide bonds. The van der Waals surface area contributed by atoms with E-state index >= 15 is 0 Å². The Kier molecular flexibility index (Phi) is 6.07. The zero-order valence-electron chi connectivity index (χ0n) is 22.5. The van der Waals surface area contributed by atoms with Crippen LogP contribution in [-0.4, -0.2) is 12.1 Å². The molecule has 4 atom stereocenters. The van der Waals surface area contributed by atoms with E-state index in [1.54, 1.807) is 11.1 Å². The van der Waals surface area contributed by atoms with Crippen LogP contribution in [0.2, 0.25) is 0 Å². The molecule has 3 heteroatoms. The highest BCUT2D eigenvalue weighted by Crippen LogP contribution is 2.54. The number of fused-ring (bicyclic) bond motifs is 1. The number of hydrogen-bond acceptors (Lipinski definition) is 3. The van der Waals surface area contributed by atoms with Gasteiger partial charge in [0.25, 0.3) is 0 Å². The first-order valence-corrected chi connectivity index (χ1v) is 13.3. The van der Waals surface area contributed by atoms with Crippen molar-refractivity contribution in [3.63, 3.8) is 0 Å². The molecular weight excluding hydrogens is 428 g/mol. The van der Waals surface area contributed by atoms with E-state index in [2.05, 4.69) is 126 Å². The molecule has 0 fully saturated rings. The second kappa shape index (κ2) is 8.93. The van der Waals surface area contributed by atoms with Crippen molar-refractivity contribution in [2.45, 2.75) is 67.5 Å². The summed E-state index contributed by atoms with van der Waals surface area (Å²) in [6.45, 7) is 18.7. The molecule has 2 aromatic rings. The second-order valence-corrected chi connectivity index (χ2v) is 11.0. The van der Waals surface area contributed by atoms with Gasteiger partial charge in [-0.05, 0) is 57.9 Å². The van der Waals surface area contributed by atoms with Crippen LogP contribution in [0.5, 0.6) is 5.75 Å². The van der Waals surface area contributed by atoms with Gasteiger partial charge in [-0.1, -0.05) is 75.2 Å². The molecular formula is C32H40N2O. The van der Waals surface area contributed by atoms with Gasteiger partial charge in [0.15, 0.2) is 5.75 Å². The summed E-state index contributed by atoms with van der Waals surface area (Å²) in [5.41, 5.74) is 8.36. The monoisotopic (exact) mass is 468 g/mol. The molecule has 0 bridgehead atoms. The maximum Gasteiger partial charge on any atom is 0.150 e. The Morgan fingerprint density at radius 2 is 1.43 bits per heavy atom. The molecule has 2 aromatic carbocycles. The van der Waals surface area contributed by atoms with E-state index in [0.717, 1.165) is 11.5 Å². The quantitative estimate of drug-likeness (QED) is 0.421. The number of rotatable bonds is 4. The topological polar surface area (TPSA) is 15.7 Å². The summed E-state index contributed by atoms with van der Waals surface area (Å²) < 4.78 is 6.69. The largest absolute Gasteiger partial charge is 0.457 e. The Morgan fingerprint density at radius 3 is 2.09 bits per heavy atom. The van der Waals surface area contributed by atoms with Gasteiger partial charge in [-0.3, -0.25) is 0 Å². The molecule has 0 saturated carbocycles. The van der Waals surface area contributed by atoms with E-state index in [1.807, 2.05) is 0 Å². The molecule has 3 aliphatic rings. The van der Waals surface area contributed by atoms with E-state index in [4.69, 9.17) is 4.74 Å². The molecule has 0 spiro atoms. The van der Waals surface area contributed by atoms with Crippen LogP contribution < -0.4 is 14.5 Å². The Balaban J connectivity index is 1.60. The number of benzene rings is 2. The van der Waals surface area contributed by atoms with E-state index < -0.39 is 0 Å². The van der Waals surface area contributed by atoms with Crippen molar-refractivity contribution >= 4 is 11.4 Å². The highest BCUT2D eigenvalue weighted by molar-refractivity contribution is 5.69. The Morgan fingerprint density at radius 1 is 0.771 bits per heavy atom. The zero-order valence-corrected chi connectivity index (χ0v) is 22.5. The minimum atomic E-state index is 0.255. The van der Waals surface area contributed by atoms with Gasteiger partial charge < -0.3 is 14.5 Å². The number of anilines is 2. The zero-order chi connectivity index (χ0) is 25.0. The van der Waals surface area contributed by atoms with Gasteiger partial charge in [0, 0.05) is 41.2 Å². The van der Waals surface area contributed by atoms with Gasteiger partial charge in [0.1, 0.15) is 5.76 Å². The predicted octanol–water partition coefficient (Wildman–Crippen LogP) is 8.17. The molecule has 1 aliphatic heterocycles. The lowest BCUT2D eigenvalue weighted by Crippen LogP contribution is -2.44. The molecule has 2 aliphatic carbocycles. The van der Waals surface area contributed by atoms with E-state index in [0.29, 0.717) is 23.9 Å². The van der Waals surface area contributed by atoms with Gasteiger partial charge in [-0.25, -0.2) is 0 Å². The van der Waals surface area contributed by atoms with E-state index in [-0.39, 0.29) is 11.8 Å². The molecule has 184 valence electrons. The van der Waals surface area contributed by atoms with Crippen LogP contribution in [0.15, 0.2) is 89.0 Å². The standard InChI is InChI=1S/C32H40N2O/c1-19(2)33(25-14-10-9-11-15-25)27-18-21(5)29-24(8)32-31(23(7)30(29)22(27)6)34(20(3)4)26-16-12-13-17-28(26)35-32/h9-24H,1-8H3. The minimum absolute atomic E-state index is 0.255. The third kappa shape index (κ3) is 3.71. The van der Waals surface area contributed by atoms with Crippen molar-refractivity contribution in [3.8, 4) is 5.75 Å². The third-order valence-electron chi connectivity index (χ3n) is 8.09. The van der Waals surface area contributed by atoms with Crippen molar-refractivity contribution < 1.29 is 4.74 Å². The minimum Gasteiger partial charge on any atom is -0.457 e. The molecule has 1 heterocycles. The fourth-order valence-corrected chi connectivity index (χ4v) is 6.79. The van der Waals surface area contributed by atoms with Crippen LogP contribution in [-0.2, 0) is 0 Å². The normalized spacial score (nSPS) is 25.8. The lowest BCUT2D eigenvalue weighted by atomic mass is 9.66. The van der Waals surface area contributed by atoms with Gasteiger partial charge >= 0.3 is 0 Å². The molecule has 4 unspecified atom stereocenters. The maximum absolute atomic E-state index is 6.69. The lowest BCUT2D eigenvalue weighted by Gasteiger charge is -2.49. The smallest absolute Gasteiger partial charge is 0.150 e. The number of hydrogen-bond donors (Lipinski definition) is 0. The van der Waals surface area contributed by atoms with Crippen molar-refractivity contribution in [2.24, 2.45) is 23.7 Å². The summed E-state index contributed by atoms with van der Waals surface area (Å²) in [7, 11) is 0. The first kappa shape index (κ1) is 23.8. The average molecular weight is 469 g/mol. The molecule has 0 aromatic heterocycles. The number of nitrogens with zero attached hydrogens (tertiary/aromatic N) is 2. The molecule has 0 radical (unpaired) electrons. The van der Waals surface area contributed by atoms with Gasteiger partial charge in [0.2, 0.25) is 0 Å². The van der Waals surface area contributed by atoms with E-state index in [1.165, 1.54) is 22.8 Å². The van der Waals surface area contributed by atoms with Crippen molar-refractivity contribution in [1.29, 1.82) is 0 Å². The highest BCUT2D eigenvalue weighted by atomic mass is 16.5. The number of allylic oxidation sites excluding steroid dienone is 4. The third-order valence-corrected chi connectivity index (χ3v) is 8.09. The fraction of sp³-hybridized carbons (Fsp3) is 0.438. The molecule has 35 heavy (non-hydrogen) atoms. The Hall–Kier alpha value is -2.94. The van der Waals surface area contributed by atoms with Crippen LogP contribution in [0.1, 0.15) is 55.4 Å². The summed E-state index contributed by atoms with van der Waals surface area (Å²) >= 11 is 0. The van der Waals surface area contributed by atoms with Crippen LogP contribution in [0, 0.1) is 23.7 Å². The van der Waals surface area contributed by atoms with Gasteiger partial charge in [-0.15, -0.1) is 0 Å². The van der Waals surface area contributed by atoms with E-state index in [9.17, 15) is 0 Å². The van der Waals surface area contributed by atoms with Crippen molar-refractivity contribution in [3.05, 3.63) is 89.0 Å². The summed E-state index contributed by atoms with van der Waals surface area (Å²) in [5.74, 6) is 3.36. The van der Waals surface area contributed by atoms with Crippen LogP contribution in [0.4, 0.5) is 11.4 Å². The van der Waals surface area contributed by atoms with Crippen molar-refractivity contribution in [1.82, 2.24) is 0 Å². The first-order chi connectivity index (χ1) is 16.7. The Labute approximate surface area is 211 Å². The van der Waals surface area contributed by atoms with Crippen LogP contribution in [0.3, 0.4) is 0 Å². The summed E-state index contributed by atoms with van der Waals surface area (Å²) in [6, 6.07) is 20.1. The number of para-hydroxylation sites is 3. The van der Waals surface area contributed by atoms with Crippen molar-refractivity contribution in [2.75, 3.05) is 9.80 Å². The fourth-order valence-electron chi connectivity index (χ4n) is 6.79. The summed E-state index contributed by atoms with van der Waals surface area (Å²) in [6.07, 6.45) is 2.52. The first-order valence-electron chi connectivity index (χ1n) is 13.3. The maximum atomic E-state index is 6.69. The molecule has 3 nitrogen and oxygen atoms in total. The van der Waals surface area contributed by atoms with Crippen LogP contribution in [0.25, 0.3) is 0 Å². The Bertz CT molecular complexity index is 1200. The van der Waals surface area contributed by atoms with Gasteiger partial charge in [-0.2, -0.15) is 0 Å². The SMILES string of the molecule is CC1C=C(N(c2ccccc2)C(C)C)C(C)C2=C1C(C)C1=C(C2C)N(C(C)C)c2ccccc2O1. The predicted molar refractivity (Wildman–Crippen MR) is 148 cm³/mol. The average Bonchev–Trinajstić information content (AvgIpc) is 2.83. The molecule has 0 saturated heterocycles. The number of ether oxygens (including phenoxy) is 1. The van der Waals surface area contributed by atoms with Crippen LogP contribution >= 0.6 is 0 Å². The van der Waals surface area contributed by atoms with Gasteiger partial charge in [0.05, 0.1) is 11.4 Å². The second-order valence-electron chi connectivity index (χ2n) is 11.0. The lowest BCUT2D eigenvalue weighted by molar-refractivity contribution is 0.320. The summed E-state index contributed by atoms with van der Waals surface area (Å²) in [4.78, 5) is 5.07. The molecule has 5 rings (SSSR count). The highest BCUT2D eigenvalue weighted by Gasteiger charge is 2.45.